The number of likely N-dealkylation sites (N-methyl/N-ethyl adjacent to an activating group) is 1. The van der Waals surface area contributed by atoms with Crippen LogP contribution in [0, 0.1) is 17.8 Å². The van der Waals surface area contributed by atoms with Gasteiger partial charge in [-0.25, -0.2) is 0 Å². The number of carbonyl (C=O) groups excluding carboxylic acids is 3. The molecular formula is C28H38N4O7. The number of phenols is 1. The van der Waals surface area contributed by atoms with Gasteiger partial charge in [-0.2, -0.15) is 0 Å². The predicted octanol–water partition coefficient (Wildman–Crippen LogP) is 0.776. The molecule has 1 amide bonds. The first-order chi connectivity index (χ1) is 18.1. The van der Waals surface area contributed by atoms with E-state index in [1.165, 1.54) is 4.90 Å². The van der Waals surface area contributed by atoms with Crippen molar-refractivity contribution in [2.75, 3.05) is 39.6 Å². The van der Waals surface area contributed by atoms with E-state index in [-0.39, 0.29) is 29.7 Å². The Morgan fingerprint density at radius 2 is 1.82 bits per heavy atom. The molecule has 11 nitrogen and oxygen atoms in total. The monoisotopic (exact) mass is 542 g/mol. The van der Waals surface area contributed by atoms with Gasteiger partial charge in [0, 0.05) is 43.4 Å². The van der Waals surface area contributed by atoms with Gasteiger partial charge in [-0.3, -0.25) is 19.3 Å². The van der Waals surface area contributed by atoms with Crippen molar-refractivity contribution in [2.45, 2.75) is 44.9 Å². The molecule has 0 aromatic heterocycles. The number of nitrogens with one attached hydrogen (secondary N) is 1. The number of aliphatic hydroxyl groups is 3. The normalized spacial score (nSPS) is 26.6. The van der Waals surface area contributed by atoms with Crippen LogP contribution in [0.3, 0.4) is 0 Å². The Morgan fingerprint density at radius 1 is 1.18 bits per heavy atom. The summed E-state index contributed by atoms with van der Waals surface area (Å²) in [6.45, 7) is 5.14. The first-order valence-electron chi connectivity index (χ1n) is 13.0. The zero-order chi connectivity index (χ0) is 29.1. The van der Waals surface area contributed by atoms with E-state index in [1.54, 1.807) is 14.1 Å². The van der Waals surface area contributed by atoms with Gasteiger partial charge in [0.2, 0.25) is 5.78 Å². The van der Waals surface area contributed by atoms with E-state index in [2.05, 4.69) is 19.2 Å². The molecule has 4 atom stereocenters. The average molecular weight is 543 g/mol. The predicted molar refractivity (Wildman–Crippen MR) is 145 cm³/mol. The molecule has 1 fully saturated rings. The van der Waals surface area contributed by atoms with Crippen LogP contribution in [0.4, 0.5) is 5.69 Å². The van der Waals surface area contributed by atoms with Gasteiger partial charge in [0.25, 0.3) is 5.91 Å². The van der Waals surface area contributed by atoms with Gasteiger partial charge in [-0.15, -0.1) is 0 Å². The molecular weight excluding hydrogens is 504 g/mol. The number of nitrogens with zero attached hydrogens (tertiary/aromatic N) is 2. The number of amides is 1. The minimum atomic E-state index is -2.65. The topological polar surface area (TPSA) is 177 Å². The second kappa shape index (κ2) is 9.96. The third-order valence-corrected chi connectivity index (χ3v) is 8.13. The number of hydrogen-bond donors (Lipinski definition) is 6. The lowest BCUT2D eigenvalue weighted by Crippen LogP contribution is -2.65. The molecule has 0 bridgehead atoms. The van der Waals surface area contributed by atoms with Crippen molar-refractivity contribution in [2.24, 2.45) is 23.5 Å². The van der Waals surface area contributed by atoms with E-state index in [0.717, 1.165) is 5.69 Å². The smallest absolute Gasteiger partial charge is 0.255 e. The van der Waals surface area contributed by atoms with Crippen molar-refractivity contribution in [1.29, 1.82) is 0 Å². The summed E-state index contributed by atoms with van der Waals surface area (Å²) in [5, 5.41) is 48.8. The molecule has 0 unspecified atom stereocenters. The van der Waals surface area contributed by atoms with Crippen molar-refractivity contribution in [3.63, 3.8) is 0 Å². The van der Waals surface area contributed by atoms with Crippen LogP contribution < -0.4 is 16.0 Å². The SMILES string of the molecule is CC(C)CNCc1cc(N(C)C)c2c(c1O)C(O)=C1C(=O)[C@@]3(O)C(O)=C(C(N)=O)C(=O)[C@H](N(C)C)[C@H]3C[C@H]1C2. The Bertz CT molecular complexity index is 1310. The largest absolute Gasteiger partial charge is 0.508 e. The molecule has 1 aromatic carbocycles. The quantitative estimate of drug-likeness (QED) is 0.270. The van der Waals surface area contributed by atoms with Crippen LogP contribution in [-0.4, -0.2) is 89.2 Å². The molecule has 39 heavy (non-hydrogen) atoms. The number of nitrogens with two attached hydrogens (primary N) is 1. The van der Waals surface area contributed by atoms with E-state index < -0.39 is 58.0 Å². The fraction of sp³-hybridized carbons (Fsp3) is 0.536. The summed E-state index contributed by atoms with van der Waals surface area (Å²) in [5.74, 6) is -6.15. The van der Waals surface area contributed by atoms with Gasteiger partial charge in [-0.05, 0) is 56.9 Å². The van der Waals surface area contributed by atoms with Crippen LogP contribution in [0.1, 0.15) is 37.0 Å². The first kappa shape index (κ1) is 28.6. The van der Waals surface area contributed by atoms with Crippen molar-refractivity contribution < 1.29 is 34.8 Å². The van der Waals surface area contributed by atoms with Crippen molar-refractivity contribution >= 4 is 28.9 Å². The molecule has 3 aliphatic rings. The van der Waals surface area contributed by atoms with Crippen LogP contribution in [0.15, 0.2) is 23.0 Å². The van der Waals surface area contributed by atoms with E-state index in [1.807, 2.05) is 25.1 Å². The molecule has 0 aliphatic heterocycles. The molecule has 0 heterocycles. The fourth-order valence-electron chi connectivity index (χ4n) is 6.38. The molecule has 212 valence electrons. The van der Waals surface area contributed by atoms with E-state index >= 15 is 0 Å². The zero-order valence-electron chi connectivity index (χ0n) is 23.2. The molecule has 0 spiro atoms. The van der Waals surface area contributed by atoms with Crippen LogP contribution >= 0.6 is 0 Å². The van der Waals surface area contributed by atoms with Crippen molar-refractivity contribution in [3.8, 4) is 5.75 Å². The van der Waals surface area contributed by atoms with E-state index in [4.69, 9.17) is 5.73 Å². The van der Waals surface area contributed by atoms with Crippen LogP contribution in [0.2, 0.25) is 0 Å². The number of aromatic hydroxyl groups is 1. The number of anilines is 1. The fourth-order valence-corrected chi connectivity index (χ4v) is 6.38. The molecule has 1 aromatic rings. The first-order valence-corrected chi connectivity index (χ1v) is 13.0. The Balaban J connectivity index is 1.93. The molecule has 0 saturated heterocycles. The van der Waals surface area contributed by atoms with Crippen LogP contribution in [-0.2, 0) is 27.3 Å². The molecule has 1 saturated carbocycles. The van der Waals surface area contributed by atoms with E-state index in [0.29, 0.717) is 30.1 Å². The third-order valence-electron chi connectivity index (χ3n) is 8.13. The molecule has 11 heteroatoms. The summed E-state index contributed by atoms with van der Waals surface area (Å²) in [6, 6.07) is 0.736. The Hall–Kier alpha value is -3.41. The maximum absolute atomic E-state index is 14.0. The van der Waals surface area contributed by atoms with Gasteiger partial charge in [0.05, 0.1) is 11.6 Å². The van der Waals surface area contributed by atoms with Gasteiger partial charge >= 0.3 is 0 Å². The van der Waals surface area contributed by atoms with Gasteiger partial charge in [0.15, 0.2) is 11.4 Å². The van der Waals surface area contributed by atoms with E-state index in [9.17, 15) is 34.8 Å². The van der Waals surface area contributed by atoms with Crippen molar-refractivity contribution in [1.82, 2.24) is 10.2 Å². The number of fused-ring (bicyclic) bond motifs is 3. The number of hydrogen-bond acceptors (Lipinski definition) is 10. The lowest BCUT2D eigenvalue weighted by molar-refractivity contribution is -0.153. The van der Waals surface area contributed by atoms with Crippen LogP contribution in [0.5, 0.6) is 5.75 Å². The Kier molecular flexibility index (Phi) is 7.30. The number of ketones is 2. The number of carbonyl (C=O) groups is 3. The minimum absolute atomic E-state index is 0.0527. The van der Waals surface area contributed by atoms with Crippen molar-refractivity contribution in [3.05, 3.63) is 39.7 Å². The second-order valence-corrected chi connectivity index (χ2v) is 11.6. The lowest BCUT2D eigenvalue weighted by Gasteiger charge is -2.50. The number of benzene rings is 1. The summed E-state index contributed by atoms with van der Waals surface area (Å²) < 4.78 is 0. The summed E-state index contributed by atoms with van der Waals surface area (Å²) >= 11 is 0. The highest BCUT2D eigenvalue weighted by molar-refractivity contribution is 6.24. The van der Waals surface area contributed by atoms with Gasteiger partial charge in [0.1, 0.15) is 22.8 Å². The molecule has 4 rings (SSSR count). The highest BCUT2D eigenvalue weighted by Crippen LogP contribution is 2.54. The second-order valence-electron chi connectivity index (χ2n) is 11.6. The Morgan fingerprint density at radius 3 is 2.36 bits per heavy atom. The number of primary amides is 1. The number of aliphatic hydroxyl groups excluding tert-OH is 2. The number of phenolic OH excluding ortho intramolecular Hbond substituents is 1. The molecule has 0 radical (unpaired) electrons. The molecule has 3 aliphatic carbocycles. The summed E-state index contributed by atoms with van der Waals surface area (Å²) in [4.78, 5) is 42.7. The highest BCUT2D eigenvalue weighted by Gasteiger charge is 2.64. The van der Waals surface area contributed by atoms with Gasteiger partial charge in [-0.1, -0.05) is 13.8 Å². The zero-order valence-corrected chi connectivity index (χ0v) is 23.2. The summed E-state index contributed by atoms with van der Waals surface area (Å²) in [5.41, 5.74) is 3.75. The molecule has 7 N–H and O–H groups in total. The third kappa shape index (κ3) is 4.29. The average Bonchev–Trinajstić information content (AvgIpc) is 2.81. The maximum Gasteiger partial charge on any atom is 0.255 e. The van der Waals surface area contributed by atoms with Crippen LogP contribution in [0.25, 0.3) is 5.76 Å². The standard InChI is InChI=1S/C28H38N4O7/c1-12(2)10-30-11-14-9-17(31(3)4)15-7-13-8-16-21(32(5)6)24(35)20(27(29)38)26(37)28(16,39)25(36)18(13)23(34)19(15)22(14)33/h9,12-13,16,21,30,33-34,37,39H,7-8,10-11H2,1-6H3,(H2,29,38)/t13-,16-,21-,28-/m1/s1. The maximum atomic E-state index is 14.0. The number of rotatable bonds is 7. The van der Waals surface area contributed by atoms with Gasteiger partial charge < -0.3 is 36.4 Å². The Labute approximate surface area is 227 Å². The number of Topliss-reactive ketones (excluding diaryl/α,β-unsaturated/α-hetero) is 2. The lowest BCUT2D eigenvalue weighted by atomic mass is 9.57. The minimum Gasteiger partial charge on any atom is -0.508 e. The highest BCUT2D eigenvalue weighted by atomic mass is 16.3. The summed E-state index contributed by atoms with van der Waals surface area (Å²) in [7, 11) is 6.83. The summed E-state index contributed by atoms with van der Waals surface area (Å²) in [6.07, 6.45) is 0.298.